The van der Waals surface area contributed by atoms with Crippen LogP contribution in [0.5, 0.6) is 17.2 Å². The molecular weight excluding hydrogens is 1700 g/mol. The highest BCUT2D eigenvalue weighted by Crippen LogP contribution is 2.49. The lowest BCUT2D eigenvalue weighted by atomic mass is 10.1. The van der Waals surface area contributed by atoms with E-state index in [2.05, 4.69) is 76.8 Å². The maximum Gasteiger partial charge on any atom is 0.342 e. The van der Waals surface area contributed by atoms with Crippen LogP contribution in [0.2, 0.25) is 0 Å². The number of benzene rings is 6. The molecule has 18 rings (SSSR count). The number of hydrogen-bond donors (Lipinski definition) is 9. The predicted octanol–water partition coefficient (Wildman–Crippen LogP) is 11.0. The van der Waals surface area contributed by atoms with Crippen molar-refractivity contribution < 1.29 is 127 Å². The van der Waals surface area contributed by atoms with Crippen molar-refractivity contribution in [2.24, 2.45) is 0 Å². The number of rotatable bonds is 26. The number of nitrogens with zero attached hydrogens (tertiary/aromatic N) is 12. The van der Waals surface area contributed by atoms with E-state index in [1.54, 1.807) is 20.6 Å². The van der Waals surface area contributed by atoms with Crippen molar-refractivity contribution in [1.29, 1.82) is 0 Å². The van der Waals surface area contributed by atoms with Crippen molar-refractivity contribution in [1.82, 2.24) is 74.5 Å². The number of anilines is 3. The molecule has 0 bridgehead atoms. The molecule has 12 heterocycles. The second-order valence-corrected chi connectivity index (χ2v) is 29.1. The van der Waals surface area contributed by atoms with Gasteiger partial charge >= 0.3 is 36.0 Å². The zero-order valence-electron chi connectivity index (χ0n) is 67.2. The number of carboxylic acids is 3. The van der Waals surface area contributed by atoms with Gasteiger partial charge in [-0.3, -0.25) is 29.7 Å². The van der Waals surface area contributed by atoms with Crippen molar-refractivity contribution in [3.8, 4) is 17.2 Å². The summed E-state index contributed by atoms with van der Waals surface area (Å²) in [6.07, 6.45) is -2.42. The number of halogens is 6. The summed E-state index contributed by atoms with van der Waals surface area (Å²) >= 11 is 0. The molecule has 666 valence electrons. The Morgan fingerprint density at radius 3 is 1.03 bits per heavy atom. The largest absolute Gasteiger partial charge is 0.490 e. The summed E-state index contributed by atoms with van der Waals surface area (Å²) < 4.78 is 161. The van der Waals surface area contributed by atoms with E-state index in [-0.39, 0.29) is 60.1 Å². The van der Waals surface area contributed by atoms with Gasteiger partial charge in [0.15, 0.2) is 88.5 Å². The number of carbonyl (C=O) groups is 6. The number of fused-ring (bicyclic) bond motifs is 6. The molecule has 12 unspecified atom stereocenters. The van der Waals surface area contributed by atoms with Crippen LogP contribution in [0.3, 0.4) is 0 Å². The van der Waals surface area contributed by atoms with E-state index in [0.717, 1.165) is 43.2 Å². The molecule has 128 heavy (non-hydrogen) atoms. The van der Waals surface area contributed by atoms with E-state index >= 15 is 0 Å². The van der Waals surface area contributed by atoms with Crippen LogP contribution in [0.1, 0.15) is 119 Å². The fourth-order valence-electron chi connectivity index (χ4n) is 14.9. The van der Waals surface area contributed by atoms with Crippen LogP contribution in [0, 0.1) is 34.9 Å². The smallest absolute Gasteiger partial charge is 0.342 e. The Balaban J connectivity index is 0.000000141. The SMILES string of the molecule is CCCNC(=O)Nc1ncnc2c1ncn2C1OC(COc2cc(F)ccc2C(=O)O)C2O[C@H](c3ccc(F)cc3)OC21.CCCNC(=O)Nc1ncnc2c1ncn2C1OC(COc2cccc(F)c2C(=O)O)C2O[C@H](c3ccc(F)cc3)OC21.CCNC(=O)Nc1ncnc2c1ncn2C1OC(COc2cccc(F)c2C(=O)O)C2O[C@H](c3ccc(F)cc3)OC21. The van der Waals surface area contributed by atoms with E-state index in [4.69, 9.17) is 56.8 Å². The van der Waals surface area contributed by atoms with Gasteiger partial charge in [0.2, 0.25) is 0 Å². The Labute approximate surface area is 718 Å². The van der Waals surface area contributed by atoms with Gasteiger partial charge in [-0.1, -0.05) is 62.4 Å². The van der Waals surface area contributed by atoms with Crippen LogP contribution in [0.15, 0.2) is 165 Å². The summed E-state index contributed by atoms with van der Waals surface area (Å²) in [7, 11) is 0. The molecule has 6 amide bonds. The molecule has 0 saturated carbocycles. The number of imidazole rings is 3. The van der Waals surface area contributed by atoms with Crippen LogP contribution >= 0.6 is 0 Å². The highest BCUT2D eigenvalue weighted by Gasteiger charge is 2.58. The number of aromatic carboxylic acids is 3. The van der Waals surface area contributed by atoms with E-state index in [1.807, 2.05) is 13.8 Å². The van der Waals surface area contributed by atoms with Gasteiger partial charge in [0.1, 0.15) is 163 Å². The molecule has 12 aromatic rings. The molecule has 45 heteroatoms. The Morgan fingerprint density at radius 2 is 0.703 bits per heavy atom. The van der Waals surface area contributed by atoms with Crippen LogP contribution in [-0.4, -0.2) is 204 Å². The quantitative estimate of drug-likeness (QED) is 0.0227. The lowest BCUT2D eigenvalue weighted by Gasteiger charge is -2.22. The zero-order valence-corrected chi connectivity index (χ0v) is 67.2. The third-order valence-electron chi connectivity index (χ3n) is 20.7. The van der Waals surface area contributed by atoms with Crippen molar-refractivity contribution in [2.45, 2.75) is 126 Å². The summed E-state index contributed by atoms with van der Waals surface area (Å²) in [6, 6.07) is 26.1. The van der Waals surface area contributed by atoms with Gasteiger partial charge in [-0.25, -0.2) is 100.0 Å². The number of urea groups is 3. The Morgan fingerprint density at radius 1 is 0.375 bits per heavy atom. The average Bonchev–Trinajstić information content (AvgIpc) is 1.60. The van der Waals surface area contributed by atoms with E-state index in [1.165, 1.54) is 135 Å². The zero-order chi connectivity index (χ0) is 89.6. The first-order chi connectivity index (χ1) is 62.0. The Kier molecular flexibility index (Phi) is 26.1. The summed E-state index contributed by atoms with van der Waals surface area (Å²) in [4.78, 5) is 110. The molecule has 15 atom stereocenters. The second kappa shape index (κ2) is 38.3. The van der Waals surface area contributed by atoms with Crippen LogP contribution in [-0.2, 0) is 42.6 Å². The number of amides is 6. The lowest BCUT2D eigenvalue weighted by Crippen LogP contribution is -2.33. The van der Waals surface area contributed by atoms with Gasteiger partial charge < -0.3 is 88.1 Å². The van der Waals surface area contributed by atoms with Crippen LogP contribution in [0.4, 0.5) is 58.2 Å². The average molecular weight is 1780 g/mol. The van der Waals surface area contributed by atoms with E-state index in [0.29, 0.717) is 69.8 Å². The number of aromatic nitrogens is 12. The predicted molar refractivity (Wildman–Crippen MR) is 428 cm³/mol. The molecule has 6 fully saturated rings. The standard InChI is InChI=1S/2C28H26F2N6O7.C27H24F2N6O7/c1-2-9-31-28(39)35-23-20-24(33-12-32-23)36(13-34-20)25-22-21(42-27(43-22)14-3-5-15(29)6-4-14)19(41-25)11-40-18-10-16(30)7-8-17(18)26(37)38;1-2-10-31-28(39)35-23-20-24(33-12-32-23)36(13-34-20)25-22-21(42-27(43-22)14-6-8-15(29)9-7-14)18(41-25)11-40-17-5-3-4-16(30)19(17)26(37)38;1-2-30-27(38)34-22-19-23(32-11-31-22)35(12-33-19)24-21-20(41-26(42-21)13-6-8-14(28)9-7-13)17(40-24)10-39-16-5-3-4-15(29)18(16)25(36)37/h3-8,10,12-13,19,21-22,25,27H,2,9,11H2,1H3,(H,37,38)(H2,31,32,33,35,39);3-9,12-13,18,21-22,25,27H,2,10-11H2,1H3,(H,37,38)(H2,31,32,33,35,39);3-9,11-12,17,20-21,24,26H,2,10H2,1H3,(H,36,37)(H2,30,31,32,34,38)/t19?,21?,22?,25?,27-;18?,21?,22?,25?,27-;17?,20?,21?,24?,26-/m000/s1. The van der Waals surface area contributed by atoms with Gasteiger partial charge in [0, 0.05) is 42.4 Å². The molecule has 0 radical (unpaired) electrons. The highest BCUT2D eigenvalue weighted by molar-refractivity contribution is 5.98. The minimum atomic E-state index is -1.48. The van der Waals surface area contributed by atoms with Crippen molar-refractivity contribution >= 4 is 86.9 Å². The number of carboxylic acid groups (broad SMARTS) is 3. The van der Waals surface area contributed by atoms with Gasteiger partial charge in [0.25, 0.3) is 0 Å². The number of ether oxygens (including phenoxy) is 12. The number of carbonyl (C=O) groups excluding carboxylic acids is 3. The Bertz CT molecular complexity index is 5910. The topological polar surface area (TPSA) is 477 Å². The molecule has 6 aliphatic rings. The summed E-state index contributed by atoms with van der Waals surface area (Å²) in [5.41, 5.74) is 2.14. The van der Waals surface area contributed by atoms with Gasteiger partial charge in [-0.2, -0.15) is 0 Å². The maximum absolute atomic E-state index is 14.2. The summed E-state index contributed by atoms with van der Waals surface area (Å²) in [5, 5.41) is 44.5. The third kappa shape index (κ3) is 18.6. The molecular formula is C83H76F6N18O21. The summed E-state index contributed by atoms with van der Waals surface area (Å²) in [6.45, 7) is 6.35. The molecule has 0 aliphatic carbocycles. The summed E-state index contributed by atoms with van der Waals surface area (Å²) in [5.74, 6) is -8.04. The molecule has 39 nitrogen and oxygen atoms in total. The first-order valence-corrected chi connectivity index (χ1v) is 39.8. The van der Waals surface area contributed by atoms with E-state index < -0.39 is 175 Å². The lowest BCUT2D eigenvalue weighted by molar-refractivity contribution is -0.152. The van der Waals surface area contributed by atoms with Crippen LogP contribution in [0.25, 0.3) is 33.5 Å². The monoisotopic (exact) mass is 1770 g/mol. The normalized spacial score (nSPS) is 22.9. The third-order valence-corrected chi connectivity index (χ3v) is 20.7. The molecule has 6 aromatic carbocycles. The maximum atomic E-state index is 14.2. The number of hydrogen-bond acceptors (Lipinski definition) is 27. The minimum Gasteiger partial charge on any atom is -0.490 e. The van der Waals surface area contributed by atoms with Crippen molar-refractivity contribution in [3.05, 3.63) is 234 Å². The Hall–Kier alpha value is -14.2. The fraction of sp³-hybridized carbons (Fsp3) is 0.313. The van der Waals surface area contributed by atoms with Crippen molar-refractivity contribution in [3.63, 3.8) is 0 Å². The first kappa shape index (κ1) is 87.3. The second-order valence-electron chi connectivity index (χ2n) is 29.1. The molecule has 0 spiro atoms. The molecule has 9 N–H and O–H groups in total. The van der Waals surface area contributed by atoms with Gasteiger partial charge in [-0.05, 0) is 92.6 Å². The van der Waals surface area contributed by atoms with E-state index in [9.17, 15) is 70.4 Å². The molecule has 6 aliphatic heterocycles. The van der Waals surface area contributed by atoms with Gasteiger partial charge in [0.05, 0.1) is 19.0 Å². The number of nitrogens with one attached hydrogen (secondary N) is 6. The minimum absolute atomic E-state index is 0.178. The van der Waals surface area contributed by atoms with Crippen LogP contribution < -0.4 is 46.1 Å². The molecule has 6 aromatic heterocycles. The highest BCUT2D eigenvalue weighted by atomic mass is 19.1. The van der Waals surface area contributed by atoms with Gasteiger partial charge in [-0.15, -0.1) is 0 Å². The first-order valence-electron chi connectivity index (χ1n) is 39.8. The molecule has 6 saturated heterocycles. The van der Waals surface area contributed by atoms with Crippen molar-refractivity contribution in [2.75, 3.05) is 55.4 Å². The fourth-order valence-corrected chi connectivity index (χ4v) is 14.9.